The van der Waals surface area contributed by atoms with Crippen LogP contribution in [0.4, 0.5) is 11.8 Å². The van der Waals surface area contributed by atoms with Gasteiger partial charge in [-0.15, -0.1) is 11.3 Å². The fraction of sp³-hybridized carbons (Fsp3) is 0.273. The summed E-state index contributed by atoms with van der Waals surface area (Å²) >= 11 is 1.56. The Morgan fingerprint density at radius 3 is 3.15 bits per heavy atom. The third-order valence-electron chi connectivity index (χ3n) is 2.61. The van der Waals surface area contributed by atoms with Crippen molar-refractivity contribution in [1.82, 2.24) is 24.9 Å². The number of rotatable bonds is 5. The number of imidazole rings is 1. The summed E-state index contributed by atoms with van der Waals surface area (Å²) in [4.78, 5) is 19.7. The van der Waals surface area contributed by atoms with Gasteiger partial charge in [-0.1, -0.05) is 0 Å². The van der Waals surface area contributed by atoms with Crippen LogP contribution in [0.1, 0.15) is 10.7 Å². The number of nitrogens with one attached hydrogen (secondary N) is 2. The lowest BCUT2D eigenvalue weighted by Gasteiger charge is -2.05. The van der Waals surface area contributed by atoms with E-state index >= 15 is 0 Å². The molecule has 0 aliphatic carbocycles. The molecule has 0 aliphatic rings. The molecule has 0 bridgehead atoms. The van der Waals surface area contributed by atoms with Crippen molar-refractivity contribution >= 4 is 34.3 Å². The predicted octanol–water partition coefficient (Wildman–Crippen LogP) is 1.15. The number of nitrogen functional groups attached to an aromatic ring is 1. The Kier molecular flexibility index (Phi) is 3.44. The zero-order valence-electron chi connectivity index (χ0n) is 10.8. The molecular formula is C11H13N7OS. The molecule has 20 heavy (non-hydrogen) atoms. The van der Waals surface area contributed by atoms with Gasteiger partial charge >= 0.3 is 0 Å². The third kappa shape index (κ3) is 2.53. The number of hydrogen-bond donors (Lipinski definition) is 3. The summed E-state index contributed by atoms with van der Waals surface area (Å²) in [5.74, 6) is 0.803. The van der Waals surface area contributed by atoms with Crippen molar-refractivity contribution in [2.75, 3.05) is 18.2 Å². The second-order valence-corrected chi connectivity index (χ2v) is 4.99. The van der Waals surface area contributed by atoms with Gasteiger partial charge < -0.3 is 20.8 Å². The number of ether oxygens (including phenoxy) is 1. The summed E-state index contributed by atoms with van der Waals surface area (Å²) in [5, 5.41) is 6.11. The molecule has 0 amide bonds. The summed E-state index contributed by atoms with van der Waals surface area (Å²) in [6.07, 6.45) is 1.56. The Morgan fingerprint density at radius 1 is 1.40 bits per heavy atom. The lowest BCUT2D eigenvalue weighted by atomic mass is 10.4. The lowest BCUT2D eigenvalue weighted by Crippen LogP contribution is -2.05. The first-order valence-electron chi connectivity index (χ1n) is 5.89. The first kappa shape index (κ1) is 12.8. The number of anilines is 2. The molecule has 0 aliphatic heterocycles. The molecule has 0 saturated carbocycles. The Balaban J connectivity index is 1.77. The van der Waals surface area contributed by atoms with Crippen LogP contribution in [-0.4, -0.2) is 32.0 Å². The molecule has 8 nitrogen and oxygen atoms in total. The van der Waals surface area contributed by atoms with E-state index < -0.39 is 0 Å². The van der Waals surface area contributed by atoms with E-state index in [1.165, 1.54) is 0 Å². The fourth-order valence-electron chi connectivity index (χ4n) is 1.77. The van der Waals surface area contributed by atoms with Gasteiger partial charge in [0.15, 0.2) is 11.5 Å². The van der Waals surface area contributed by atoms with Crippen LogP contribution in [0.3, 0.4) is 0 Å². The summed E-state index contributed by atoms with van der Waals surface area (Å²) in [6, 6.07) is 0. The molecule has 4 N–H and O–H groups in total. The molecule has 0 fully saturated rings. The highest BCUT2D eigenvalue weighted by Crippen LogP contribution is 2.18. The second kappa shape index (κ2) is 5.39. The number of methoxy groups -OCH3 is 1. The largest absolute Gasteiger partial charge is 0.378 e. The minimum atomic E-state index is 0.186. The van der Waals surface area contributed by atoms with Gasteiger partial charge in [-0.3, -0.25) is 0 Å². The van der Waals surface area contributed by atoms with E-state index in [1.807, 2.05) is 5.38 Å². The van der Waals surface area contributed by atoms with E-state index in [0.717, 1.165) is 16.2 Å². The second-order valence-electron chi connectivity index (χ2n) is 4.05. The first-order chi connectivity index (χ1) is 9.76. The monoisotopic (exact) mass is 291 g/mol. The first-order valence-corrected chi connectivity index (χ1v) is 6.77. The van der Waals surface area contributed by atoms with Crippen molar-refractivity contribution < 1.29 is 4.74 Å². The van der Waals surface area contributed by atoms with Crippen LogP contribution in [0.25, 0.3) is 11.2 Å². The molecule has 104 valence electrons. The average Bonchev–Trinajstić information content (AvgIpc) is 3.05. The lowest BCUT2D eigenvalue weighted by molar-refractivity contribution is 0.184. The highest BCUT2D eigenvalue weighted by molar-refractivity contribution is 7.09. The smallest absolute Gasteiger partial charge is 0.224 e. The molecule has 0 unspecified atom stereocenters. The average molecular weight is 291 g/mol. The van der Waals surface area contributed by atoms with Crippen LogP contribution in [0, 0.1) is 0 Å². The number of nitrogens with two attached hydrogens (primary N) is 1. The Morgan fingerprint density at radius 2 is 2.30 bits per heavy atom. The quantitative estimate of drug-likeness (QED) is 0.646. The number of fused-ring (bicyclic) bond motifs is 1. The number of aromatic nitrogens is 5. The van der Waals surface area contributed by atoms with Crippen molar-refractivity contribution in [1.29, 1.82) is 0 Å². The van der Waals surface area contributed by atoms with Gasteiger partial charge in [-0.2, -0.15) is 9.97 Å². The van der Waals surface area contributed by atoms with E-state index in [4.69, 9.17) is 10.5 Å². The molecular weight excluding hydrogens is 278 g/mol. The molecule has 0 saturated heterocycles. The molecule has 3 heterocycles. The number of H-pyrrole nitrogens is 1. The van der Waals surface area contributed by atoms with Crippen LogP contribution in [0.15, 0.2) is 11.7 Å². The SMILES string of the molecule is COCc1nc(CNc2nc(N)nc3nc[nH]c23)cs1. The molecule has 3 aromatic heterocycles. The van der Waals surface area contributed by atoms with Crippen molar-refractivity contribution in [3.8, 4) is 0 Å². The molecule has 0 aromatic carbocycles. The van der Waals surface area contributed by atoms with Gasteiger partial charge in [-0.05, 0) is 0 Å². The number of nitrogens with zero attached hydrogens (tertiary/aromatic N) is 4. The van der Waals surface area contributed by atoms with Gasteiger partial charge in [0.25, 0.3) is 0 Å². The van der Waals surface area contributed by atoms with Crippen LogP contribution in [0.5, 0.6) is 0 Å². The molecule has 3 aromatic rings. The minimum absolute atomic E-state index is 0.186. The third-order valence-corrected chi connectivity index (χ3v) is 3.48. The van der Waals surface area contributed by atoms with E-state index in [2.05, 4.69) is 30.2 Å². The molecule has 0 radical (unpaired) electrons. The van der Waals surface area contributed by atoms with Gasteiger partial charge in [0, 0.05) is 12.5 Å². The van der Waals surface area contributed by atoms with E-state index in [0.29, 0.717) is 24.6 Å². The molecule has 3 rings (SSSR count). The summed E-state index contributed by atoms with van der Waals surface area (Å²) in [5.41, 5.74) is 7.84. The maximum absolute atomic E-state index is 5.65. The number of thiazole rings is 1. The predicted molar refractivity (Wildman–Crippen MR) is 76.2 cm³/mol. The van der Waals surface area contributed by atoms with E-state index in [-0.39, 0.29) is 5.95 Å². The Labute approximate surface area is 118 Å². The summed E-state index contributed by atoms with van der Waals surface area (Å²) in [6.45, 7) is 1.07. The van der Waals surface area contributed by atoms with Gasteiger partial charge in [0.2, 0.25) is 5.95 Å². The molecule has 9 heteroatoms. The highest BCUT2D eigenvalue weighted by atomic mass is 32.1. The van der Waals surface area contributed by atoms with E-state index in [1.54, 1.807) is 24.8 Å². The van der Waals surface area contributed by atoms with Gasteiger partial charge in [0.05, 0.1) is 25.2 Å². The van der Waals surface area contributed by atoms with Gasteiger partial charge in [0.1, 0.15) is 10.5 Å². The minimum Gasteiger partial charge on any atom is -0.378 e. The maximum atomic E-state index is 5.65. The van der Waals surface area contributed by atoms with Crippen LogP contribution in [0.2, 0.25) is 0 Å². The van der Waals surface area contributed by atoms with Crippen LogP contribution < -0.4 is 11.1 Å². The van der Waals surface area contributed by atoms with Crippen molar-refractivity contribution in [3.63, 3.8) is 0 Å². The molecule has 0 spiro atoms. The standard InChI is InChI=1S/C11H13N7OS/c1-19-3-7-16-6(4-20-7)2-13-9-8-10(15-5-14-8)18-11(12)17-9/h4-5H,2-3H2,1H3,(H4,12,13,14,15,17,18). The van der Waals surface area contributed by atoms with E-state index in [9.17, 15) is 0 Å². The summed E-state index contributed by atoms with van der Waals surface area (Å²) < 4.78 is 5.04. The van der Waals surface area contributed by atoms with Crippen molar-refractivity contribution in [2.24, 2.45) is 0 Å². The Hall–Kier alpha value is -2.26. The van der Waals surface area contributed by atoms with Crippen molar-refractivity contribution in [3.05, 3.63) is 22.4 Å². The van der Waals surface area contributed by atoms with Gasteiger partial charge in [-0.25, -0.2) is 9.97 Å². The van der Waals surface area contributed by atoms with Crippen molar-refractivity contribution in [2.45, 2.75) is 13.2 Å². The molecule has 0 atom stereocenters. The number of hydrogen-bond acceptors (Lipinski definition) is 8. The zero-order valence-corrected chi connectivity index (χ0v) is 11.6. The topological polar surface area (TPSA) is 115 Å². The normalized spacial score (nSPS) is 11.1. The zero-order chi connectivity index (χ0) is 13.9. The maximum Gasteiger partial charge on any atom is 0.224 e. The fourth-order valence-corrected chi connectivity index (χ4v) is 2.54. The highest BCUT2D eigenvalue weighted by Gasteiger charge is 2.09. The number of aromatic amines is 1. The summed E-state index contributed by atoms with van der Waals surface area (Å²) in [7, 11) is 1.65. The van der Waals surface area contributed by atoms with Crippen LogP contribution in [-0.2, 0) is 17.9 Å². The van der Waals surface area contributed by atoms with Crippen LogP contribution >= 0.6 is 11.3 Å². The Bertz CT molecular complexity index is 722.